The first-order chi connectivity index (χ1) is 6.11. The van der Waals surface area contributed by atoms with Crippen molar-refractivity contribution in [2.45, 2.75) is 25.4 Å². The molecule has 0 aliphatic carbocycles. The second-order valence-corrected chi connectivity index (χ2v) is 4.83. The molecule has 1 saturated heterocycles. The smallest absolute Gasteiger partial charge is 0.238 e. The van der Waals surface area contributed by atoms with Crippen molar-refractivity contribution < 1.29 is 4.79 Å². The van der Waals surface area contributed by atoms with Gasteiger partial charge in [-0.05, 0) is 19.1 Å². The van der Waals surface area contributed by atoms with Gasteiger partial charge in [-0.25, -0.2) is 0 Å². The molecular weight excluding hydrogens is 184 g/mol. The largest absolute Gasteiger partial charge is 0.347 e. The molecule has 76 valence electrons. The maximum Gasteiger partial charge on any atom is 0.238 e. The van der Waals surface area contributed by atoms with Crippen molar-refractivity contribution in [2.24, 2.45) is 0 Å². The van der Waals surface area contributed by atoms with Crippen molar-refractivity contribution in [1.82, 2.24) is 10.2 Å². The third kappa shape index (κ3) is 3.19. The predicted octanol–water partition coefficient (Wildman–Crippen LogP) is 0.558. The van der Waals surface area contributed by atoms with Crippen molar-refractivity contribution in [3.8, 4) is 0 Å². The summed E-state index contributed by atoms with van der Waals surface area (Å²) in [6.45, 7) is 1.94. The predicted molar refractivity (Wildman–Crippen MR) is 57.0 cm³/mol. The average Bonchev–Trinajstić information content (AvgIpc) is 2.55. The lowest BCUT2D eigenvalue weighted by Crippen LogP contribution is -2.46. The van der Waals surface area contributed by atoms with E-state index in [4.69, 9.17) is 0 Å². The Morgan fingerprint density at radius 2 is 2.31 bits per heavy atom. The van der Waals surface area contributed by atoms with Gasteiger partial charge in [0.15, 0.2) is 0 Å². The number of nitrogens with one attached hydrogen (secondary N) is 1. The molecule has 0 aromatic heterocycles. The molecule has 1 rings (SSSR count). The summed E-state index contributed by atoms with van der Waals surface area (Å²) in [5.74, 6) is 2.53. The van der Waals surface area contributed by atoms with Crippen LogP contribution in [0, 0.1) is 0 Å². The molecule has 0 aromatic carbocycles. The molecule has 1 amide bonds. The zero-order valence-corrected chi connectivity index (χ0v) is 9.36. The minimum absolute atomic E-state index is 0.0429. The Kier molecular flexibility index (Phi) is 4.06. The van der Waals surface area contributed by atoms with E-state index in [1.54, 1.807) is 19.0 Å². The molecule has 0 bridgehead atoms. The van der Waals surface area contributed by atoms with Gasteiger partial charge in [0, 0.05) is 25.9 Å². The zero-order valence-electron chi connectivity index (χ0n) is 8.54. The second kappa shape index (κ2) is 4.86. The highest BCUT2D eigenvalue weighted by Gasteiger charge is 2.21. The van der Waals surface area contributed by atoms with Crippen LogP contribution in [0.15, 0.2) is 0 Å². The molecule has 0 spiro atoms. The van der Waals surface area contributed by atoms with Gasteiger partial charge in [-0.2, -0.15) is 11.8 Å². The maximum atomic E-state index is 11.5. The first-order valence-corrected chi connectivity index (χ1v) is 5.81. The van der Waals surface area contributed by atoms with Crippen molar-refractivity contribution in [2.75, 3.05) is 25.6 Å². The molecule has 0 radical (unpaired) electrons. The molecule has 2 atom stereocenters. The molecule has 1 fully saturated rings. The molecule has 1 aliphatic heterocycles. The van der Waals surface area contributed by atoms with Crippen LogP contribution >= 0.6 is 11.8 Å². The maximum absolute atomic E-state index is 11.5. The van der Waals surface area contributed by atoms with Crippen molar-refractivity contribution in [3.05, 3.63) is 0 Å². The molecule has 2 unspecified atom stereocenters. The van der Waals surface area contributed by atoms with Gasteiger partial charge >= 0.3 is 0 Å². The summed E-state index contributed by atoms with van der Waals surface area (Å²) in [5.41, 5.74) is 0. The van der Waals surface area contributed by atoms with Crippen LogP contribution in [-0.4, -0.2) is 48.5 Å². The first kappa shape index (κ1) is 10.9. The van der Waals surface area contributed by atoms with Gasteiger partial charge in [-0.3, -0.25) is 4.79 Å². The minimum Gasteiger partial charge on any atom is -0.347 e. The van der Waals surface area contributed by atoms with Gasteiger partial charge in [0.2, 0.25) is 5.91 Å². The molecule has 1 aliphatic rings. The van der Waals surface area contributed by atoms with E-state index in [0.717, 1.165) is 5.75 Å². The van der Waals surface area contributed by atoms with Crippen LogP contribution in [0.4, 0.5) is 0 Å². The molecule has 1 N–H and O–H groups in total. The average molecular weight is 202 g/mol. The van der Waals surface area contributed by atoms with Crippen LogP contribution in [0.1, 0.15) is 13.3 Å². The number of hydrogen-bond acceptors (Lipinski definition) is 3. The monoisotopic (exact) mass is 202 g/mol. The van der Waals surface area contributed by atoms with E-state index in [0.29, 0.717) is 6.04 Å². The van der Waals surface area contributed by atoms with Gasteiger partial charge in [-0.15, -0.1) is 0 Å². The van der Waals surface area contributed by atoms with Gasteiger partial charge in [0.25, 0.3) is 0 Å². The molecule has 1 heterocycles. The lowest BCUT2D eigenvalue weighted by Gasteiger charge is -2.21. The van der Waals surface area contributed by atoms with E-state index in [2.05, 4.69) is 5.32 Å². The van der Waals surface area contributed by atoms with E-state index < -0.39 is 0 Å². The number of nitrogens with zero attached hydrogens (tertiary/aromatic N) is 1. The van der Waals surface area contributed by atoms with Crippen LogP contribution in [0.5, 0.6) is 0 Å². The van der Waals surface area contributed by atoms with E-state index in [9.17, 15) is 4.79 Å². The summed E-state index contributed by atoms with van der Waals surface area (Å²) in [7, 11) is 3.59. The Balaban J connectivity index is 2.31. The standard InChI is InChI=1S/C9H18N2OS/c1-7(9(12)11(2)3)10-8-4-5-13-6-8/h7-8,10H,4-6H2,1-3H3. The summed E-state index contributed by atoms with van der Waals surface area (Å²) in [5, 5.41) is 3.35. The highest BCUT2D eigenvalue weighted by molar-refractivity contribution is 7.99. The third-order valence-electron chi connectivity index (χ3n) is 2.23. The topological polar surface area (TPSA) is 32.3 Å². The van der Waals surface area contributed by atoms with Crippen LogP contribution < -0.4 is 5.32 Å². The van der Waals surface area contributed by atoms with Gasteiger partial charge in [-0.1, -0.05) is 0 Å². The quantitative estimate of drug-likeness (QED) is 0.726. The number of hydrogen-bond donors (Lipinski definition) is 1. The SMILES string of the molecule is CC(NC1CCSC1)C(=O)N(C)C. The molecular formula is C9H18N2OS. The number of amides is 1. The van der Waals surface area contributed by atoms with Gasteiger partial charge < -0.3 is 10.2 Å². The highest BCUT2D eigenvalue weighted by Crippen LogP contribution is 2.17. The fourth-order valence-corrected chi connectivity index (χ4v) is 2.64. The first-order valence-electron chi connectivity index (χ1n) is 4.66. The molecule has 0 aromatic rings. The Morgan fingerprint density at radius 3 is 2.77 bits per heavy atom. The summed E-state index contributed by atoms with van der Waals surface area (Å²) in [4.78, 5) is 13.1. The summed E-state index contributed by atoms with van der Waals surface area (Å²) in [6.07, 6.45) is 1.19. The van der Waals surface area contributed by atoms with Crippen LogP contribution in [0.3, 0.4) is 0 Å². The lowest BCUT2D eigenvalue weighted by molar-refractivity contribution is -0.130. The molecule has 3 nitrogen and oxygen atoms in total. The van der Waals surface area contributed by atoms with E-state index >= 15 is 0 Å². The Hall–Kier alpha value is -0.220. The Morgan fingerprint density at radius 1 is 1.62 bits per heavy atom. The molecule has 0 saturated carbocycles. The Labute approximate surface area is 84.2 Å². The third-order valence-corrected chi connectivity index (χ3v) is 3.39. The van der Waals surface area contributed by atoms with Crippen molar-refractivity contribution >= 4 is 17.7 Å². The van der Waals surface area contributed by atoms with E-state index in [1.165, 1.54) is 12.2 Å². The number of carbonyl (C=O) groups excluding carboxylic acids is 1. The minimum atomic E-state index is -0.0429. The fraction of sp³-hybridized carbons (Fsp3) is 0.889. The van der Waals surface area contributed by atoms with Crippen molar-refractivity contribution in [3.63, 3.8) is 0 Å². The lowest BCUT2D eigenvalue weighted by atomic mass is 10.2. The number of rotatable bonds is 3. The summed E-state index contributed by atoms with van der Waals surface area (Å²) in [6, 6.07) is 0.489. The highest BCUT2D eigenvalue weighted by atomic mass is 32.2. The Bertz CT molecular complexity index is 178. The van der Waals surface area contributed by atoms with Crippen LogP contribution in [0.2, 0.25) is 0 Å². The number of likely N-dealkylation sites (N-methyl/N-ethyl adjacent to an activating group) is 1. The fourth-order valence-electron chi connectivity index (χ4n) is 1.48. The van der Waals surface area contributed by atoms with E-state index in [-0.39, 0.29) is 11.9 Å². The van der Waals surface area contributed by atoms with Gasteiger partial charge in [0.1, 0.15) is 0 Å². The zero-order chi connectivity index (χ0) is 9.84. The van der Waals surface area contributed by atoms with Gasteiger partial charge in [0.05, 0.1) is 6.04 Å². The number of thioether (sulfide) groups is 1. The second-order valence-electron chi connectivity index (χ2n) is 3.68. The van der Waals surface area contributed by atoms with Crippen LogP contribution in [-0.2, 0) is 4.79 Å². The molecule has 4 heteroatoms. The summed E-state index contributed by atoms with van der Waals surface area (Å²) < 4.78 is 0. The normalized spacial score (nSPS) is 24.4. The van der Waals surface area contributed by atoms with Crippen LogP contribution in [0.25, 0.3) is 0 Å². The van der Waals surface area contributed by atoms with E-state index in [1.807, 2.05) is 18.7 Å². The summed E-state index contributed by atoms with van der Waals surface area (Å²) >= 11 is 1.96. The van der Waals surface area contributed by atoms with Crippen molar-refractivity contribution in [1.29, 1.82) is 0 Å². The number of carbonyl (C=O) groups is 1. The molecule has 13 heavy (non-hydrogen) atoms.